The molecule has 0 rings (SSSR count). The highest BCUT2D eigenvalue weighted by Crippen LogP contribution is 2.02. The Kier molecular flexibility index (Phi) is 7.54. The first-order valence-corrected chi connectivity index (χ1v) is 4.32. The van der Waals surface area contributed by atoms with E-state index in [9.17, 15) is 9.90 Å². The highest BCUT2D eigenvalue weighted by Gasteiger charge is 2.25. The Labute approximate surface area is 81.7 Å². The van der Waals surface area contributed by atoms with Gasteiger partial charge in [-0.2, -0.15) is 0 Å². The van der Waals surface area contributed by atoms with Crippen LogP contribution in [0.5, 0.6) is 0 Å². The number of aldehydes is 1. The summed E-state index contributed by atoms with van der Waals surface area (Å²) in [5, 5.41) is 35.2. The van der Waals surface area contributed by atoms with E-state index in [4.69, 9.17) is 20.1 Å². The molecule has 0 aromatic rings. The molecule has 3 atom stereocenters. The van der Waals surface area contributed by atoms with E-state index < -0.39 is 24.9 Å². The van der Waals surface area contributed by atoms with Crippen LogP contribution in [0.15, 0.2) is 0 Å². The summed E-state index contributed by atoms with van der Waals surface area (Å²) in [5.41, 5.74) is 0. The number of aliphatic hydroxyl groups is 4. The minimum atomic E-state index is -1.45. The molecule has 0 aliphatic heterocycles. The van der Waals surface area contributed by atoms with Crippen molar-refractivity contribution >= 4 is 6.29 Å². The number of carbonyl (C=O) groups is 1. The van der Waals surface area contributed by atoms with Gasteiger partial charge in [-0.05, 0) is 6.42 Å². The second-order valence-electron chi connectivity index (χ2n) is 2.79. The number of carbonyl (C=O) groups excluding carboxylic acids is 1. The predicted molar refractivity (Wildman–Crippen MR) is 46.6 cm³/mol. The van der Waals surface area contributed by atoms with Gasteiger partial charge in [-0.3, -0.25) is 0 Å². The van der Waals surface area contributed by atoms with Gasteiger partial charge in [0.2, 0.25) is 0 Å². The summed E-state index contributed by atoms with van der Waals surface area (Å²) in [7, 11) is 0. The zero-order valence-electron chi connectivity index (χ0n) is 7.74. The average molecular weight is 208 g/mol. The number of rotatable bonds is 8. The molecule has 0 saturated carbocycles. The standard InChI is InChI=1S/C8H16O6/c9-2-1-3-14-7(5-11)8(13)6(12)4-10/h5-10,12-13H,1-4H2/t6-,7+,8-/m1/s1. The lowest BCUT2D eigenvalue weighted by Gasteiger charge is -2.21. The van der Waals surface area contributed by atoms with E-state index in [1.165, 1.54) is 0 Å². The van der Waals surface area contributed by atoms with Gasteiger partial charge in [-0.1, -0.05) is 0 Å². The Bertz CT molecular complexity index is 151. The molecular formula is C8H16O6. The summed E-state index contributed by atoms with van der Waals surface area (Å²) in [6.07, 6.45) is -3.34. The van der Waals surface area contributed by atoms with Gasteiger partial charge < -0.3 is 30.0 Å². The Hall–Kier alpha value is -0.530. The molecule has 0 bridgehead atoms. The number of ether oxygens (including phenoxy) is 1. The maximum Gasteiger partial charge on any atom is 0.151 e. The molecule has 0 heterocycles. The van der Waals surface area contributed by atoms with Crippen molar-refractivity contribution in [2.75, 3.05) is 19.8 Å². The third-order valence-corrected chi connectivity index (χ3v) is 1.66. The van der Waals surface area contributed by atoms with Crippen LogP contribution in [0.4, 0.5) is 0 Å². The zero-order valence-corrected chi connectivity index (χ0v) is 7.74. The first-order chi connectivity index (χ1) is 6.67. The first-order valence-electron chi connectivity index (χ1n) is 4.32. The van der Waals surface area contributed by atoms with Crippen molar-refractivity contribution in [1.29, 1.82) is 0 Å². The Morgan fingerprint density at radius 2 is 1.93 bits per heavy atom. The fourth-order valence-corrected chi connectivity index (χ4v) is 0.829. The number of aliphatic hydroxyl groups excluding tert-OH is 4. The zero-order chi connectivity index (χ0) is 11.0. The van der Waals surface area contributed by atoms with Crippen LogP contribution in [0, 0.1) is 0 Å². The van der Waals surface area contributed by atoms with Crippen LogP contribution < -0.4 is 0 Å². The van der Waals surface area contributed by atoms with Crippen molar-refractivity contribution < 1.29 is 30.0 Å². The van der Waals surface area contributed by atoms with Crippen LogP contribution >= 0.6 is 0 Å². The van der Waals surface area contributed by atoms with Crippen molar-refractivity contribution in [2.24, 2.45) is 0 Å². The van der Waals surface area contributed by atoms with Crippen molar-refractivity contribution in [3.05, 3.63) is 0 Å². The van der Waals surface area contributed by atoms with E-state index in [-0.39, 0.29) is 13.2 Å². The second kappa shape index (κ2) is 7.84. The molecule has 0 aliphatic rings. The molecule has 0 saturated heterocycles. The molecule has 0 radical (unpaired) electrons. The van der Waals surface area contributed by atoms with Crippen LogP contribution in [0.2, 0.25) is 0 Å². The lowest BCUT2D eigenvalue weighted by Crippen LogP contribution is -2.42. The lowest BCUT2D eigenvalue weighted by atomic mass is 10.1. The molecule has 0 aliphatic carbocycles. The van der Waals surface area contributed by atoms with Gasteiger partial charge in [-0.25, -0.2) is 0 Å². The molecule has 4 N–H and O–H groups in total. The summed E-state index contributed by atoms with van der Waals surface area (Å²) >= 11 is 0. The smallest absolute Gasteiger partial charge is 0.151 e. The molecule has 0 amide bonds. The van der Waals surface area contributed by atoms with Gasteiger partial charge >= 0.3 is 0 Å². The predicted octanol–water partition coefficient (Wildman–Crippen LogP) is -2.33. The van der Waals surface area contributed by atoms with Crippen molar-refractivity contribution in [2.45, 2.75) is 24.7 Å². The molecule has 6 nitrogen and oxygen atoms in total. The fourth-order valence-electron chi connectivity index (χ4n) is 0.829. The topological polar surface area (TPSA) is 107 Å². The van der Waals surface area contributed by atoms with E-state index in [0.717, 1.165) is 0 Å². The normalized spacial score (nSPS) is 17.4. The van der Waals surface area contributed by atoms with Crippen LogP contribution in [-0.2, 0) is 9.53 Å². The van der Waals surface area contributed by atoms with E-state index in [2.05, 4.69) is 0 Å². The van der Waals surface area contributed by atoms with Gasteiger partial charge in [0.25, 0.3) is 0 Å². The molecule has 0 unspecified atom stereocenters. The highest BCUT2D eigenvalue weighted by atomic mass is 16.5. The fraction of sp³-hybridized carbons (Fsp3) is 0.875. The number of hydrogen-bond donors (Lipinski definition) is 4. The molecule has 84 valence electrons. The van der Waals surface area contributed by atoms with Crippen LogP contribution in [0.1, 0.15) is 6.42 Å². The monoisotopic (exact) mass is 208 g/mol. The Morgan fingerprint density at radius 1 is 1.29 bits per heavy atom. The second-order valence-corrected chi connectivity index (χ2v) is 2.79. The van der Waals surface area contributed by atoms with Crippen molar-refractivity contribution in [3.63, 3.8) is 0 Å². The lowest BCUT2D eigenvalue weighted by molar-refractivity contribution is -0.136. The Balaban J connectivity index is 3.92. The highest BCUT2D eigenvalue weighted by molar-refractivity contribution is 5.57. The summed E-state index contributed by atoms with van der Waals surface area (Å²) in [5.74, 6) is 0. The first kappa shape index (κ1) is 13.5. The Morgan fingerprint density at radius 3 is 2.36 bits per heavy atom. The maximum absolute atomic E-state index is 10.4. The third kappa shape index (κ3) is 4.64. The summed E-state index contributed by atoms with van der Waals surface area (Å²) in [6.45, 7) is -0.617. The van der Waals surface area contributed by atoms with Gasteiger partial charge in [0.05, 0.1) is 6.61 Å². The van der Waals surface area contributed by atoms with Gasteiger partial charge in [0.15, 0.2) is 6.29 Å². The number of hydrogen-bond acceptors (Lipinski definition) is 6. The summed E-state index contributed by atoms with van der Waals surface area (Å²) in [4.78, 5) is 10.4. The van der Waals surface area contributed by atoms with Gasteiger partial charge in [0.1, 0.15) is 18.3 Å². The maximum atomic E-state index is 10.4. The van der Waals surface area contributed by atoms with Gasteiger partial charge in [-0.15, -0.1) is 0 Å². The molecule has 0 spiro atoms. The minimum absolute atomic E-state index is 0.0791. The van der Waals surface area contributed by atoms with E-state index in [1.54, 1.807) is 0 Å². The summed E-state index contributed by atoms with van der Waals surface area (Å²) in [6, 6.07) is 0. The van der Waals surface area contributed by atoms with Crippen molar-refractivity contribution in [1.82, 2.24) is 0 Å². The van der Waals surface area contributed by atoms with Crippen LogP contribution in [0.3, 0.4) is 0 Å². The average Bonchev–Trinajstić information content (AvgIpc) is 2.22. The van der Waals surface area contributed by atoms with Crippen LogP contribution in [0.25, 0.3) is 0 Å². The molecule has 0 aromatic heterocycles. The quantitative estimate of drug-likeness (QED) is 0.263. The van der Waals surface area contributed by atoms with Crippen molar-refractivity contribution in [3.8, 4) is 0 Å². The molecule has 0 fully saturated rings. The van der Waals surface area contributed by atoms with E-state index in [1.807, 2.05) is 0 Å². The molecular weight excluding hydrogens is 192 g/mol. The molecule has 14 heavy (non-hydrogen) atoms. The third-order valence-electron chi connectivity index (χ3n) is 1.66. The van der Waals surface area contributed by atoms with E-state index in [0.29, 0.717) is 12.7 Å². The van der Waals surface area contributed by atoms with Gasteiger partial charge in [0, 0.05) is 13.2 Å². The molecule has 0 aromatic carbocycles. The minimum Gasteiger partial charge on any atom is -0.396 e. The van der Waals surface area contributed by atoms with Crippen LogP contribution in [-0.4, -0.2) is 64.8 Å². The SMILES string of the molecule is O=C[C@H](OCCCO)[C@H](O)[C@H](O)CO. The summed E-state index contributed by atoms with van der Waals surface area (Å²) < 4.78 is 4.87. The largest absolute Gasteiger partial charge is 0.396 e. The molecule has 6 heteroatoms. The van der Waals surface area contributed by atoms with E-state index >= 15 is 0 Å².